The van der Waals surface area contributed by atoms with Crippen molar-refractivity contribution in [1.29, 1.82) is 0 Å². The Kier molecular flexibility index (Phi) is 7.14. The monoisotopic (exact) mass is 435 g/mol. The molecule has 0 fully saturated rings. The molecular weight excluding hydrogens is 406 g/mol. The van der Waals surface area contributed by atoms with Gasteiger partial charge in [0.15, 0.2) is 0 Å². The molecule has 0 saturated heterocycles. The first-order valence-corrected chi connectivity index (χ1v) is 10.5. The third-order valence-corrected chi connectivity index (χ3v) is 5.29. The maximum Gasteiger partial charge on any atom is 0.330 e. The molecule has 2 aromatic carbocycles. The third kappa shape index (κ3) is 5.26. The zero-order valence-corrected chi connectivity index (χ0v) is 18.6. The van der Waals surface area contributed by atoms with Crippen LogP contribution in [0.5, 0.6) is 0 Å². The lowest BCUT2D eigenvalue weighted by molar-refractivity contribution is -0.132. The van der Waals surface area contributed by atoms with Gasteiger partial charge in [0, 0.05) is 19.6 Å². The zero-order valence-electron chi connectivity index (χ0n) is 18.6. The number of carbonyl (C=O) groups is 1. The normalized spacial score (nSPS) is 10.9. The van der Waals surface area contributed by atoms with E-state index in [9.17, 15) is 14.4 Å². The van der Waals surface area contributed by atoms with Crippen molar-refractivity contribution in [3.05, 3.63) is 92.6 Å². The molecule has 168 valence electrons. The Labute approximate surface area is 186 Å². The van der Waals surface area contributed by atoms with E-state index in [2.05, 4.69) is 4.98 Å². The number of nitrogens with one attached hydrogen (secondary N) is 1. The van der Waals surface area contributed by atoms with E-state index in [0.717, 1.165) is 11.1 Å². The number of nitrogen functional groups attached to an aromatic ring is 1. The van der Waals surface area contributed by atoms with Crippen molar-refractivity contribution in [3.63, 3.8) is 0 Å². The predicted molar refractivity (Wildman–Crippen MR) is 127 cm³/mol. The van der Waals surface area contributed by atoms with Gasteiger partial charge in [0.05, 0.1) is 13.1 Å². The molecule has 8 nitrogen and oxygen atoms in total. The fourth-order valence-electron chi connectivity index (χ4n) is 3.58. The van der Waals surface area contributed by atoms with E-state index in [1.54, 1.807) is 11.9 Å². The van der Waals surface area contributed by atoms with Gasteiger partial charge < -0.3 is 15.5 Å². The number of carbonyl (C=O) groups excluding carboxylic acids is 1. The van der Waals surface area contributed by atoms with E-state index in [4.69, 9.17) is 5.73 Å². The summed E-state index contributed by atoms with van der Waals surface area (Å²) in [6.45, 7) is 4.51. The van der Waals surface area contributed by atoms with Crippen molar-refractivity contribution in [1.82, 2.24) is 14.5 Å². The topological polar surface area (TPSA) is 104 Å². The van der Waals surface area contributed by atoms with Gasteiger partial charge in [-0.25, -0.2) is 4.79 Å². The molecule has 1 heterocycles. The number of rotatable bonds is 8. The highest BCUT2D eigenvalue weighted by Gasteiger charge is 2.23. The minimum atomic E-state index is -0.619. The first-order chi connectivity index (χ1) is 15.3. The van der Waals surface area contributed by atoms with Crippen LogP contribution in [0.3, 0.4) is 0 Å². The highest BCUT2D eigenvalue weighted by Crippen LogP contribution is 2.17. The average Bonchev–Trinajstić information content (AvgIpc) is 2.76. The van der Waals surface area contributed by atoms with Crippen LogP contribution in [-0.2, 0) is 17.9 Å². The molecule has 1 aromatic heterocycles. The summed E-state index contributed by atoms with van der Waals surface area (Å²) in [7, 11) is 1.62. The molecule has 0 spiro atoms. The highest BCUT2D eigenvalue weighted by molar-refractivity contribution is 5.82. The molecule has 0 saturated carbocycles. The second-order valence-corrected chi connectivity index (χ2v) is 8.02. The fourth-order valence-corrected chi connectivity index (χ4v) is 3.58. The van der Waals surface area contributed by atoms with Gasteiger partial charge in [-0.3, -0.25) is 19.1 Å². The third-order valence-electron chi connectivity index (χ3n) is 5.29. The largest absolute Gasteiger partial charge is 0.383 e. The summed E-state index contributed by atoms with van der Waals surface area (Å²) in [5.74, 6) is -0.122. The number of H-pyrrole nitrogens is 1. The first kappa shape index (κ1) is 22.9. The van der Waals surface area contributed by atoms with Gasteiger partial charge in [0.1, 0.15) is 11.5 Å². The van der Waals surface area contributed by atoms with Crippen LogP contribution < -0.4 is 21.9 Å². The Hall–Kier alpha value is -3.81. The SMILES string of the molecule is CC(C)N(Cc1ccccc1)C(=O)CN(C)c1c(N)n(Cc2ccccc2)c(=O)[nH]c1=O. The van der Waals surface area contributed by atoms with Crippen LogP contribution in [0.2, 0.25) is 0 Å². The van der Waals surface area contributed by atoms with Crippen molar-refractivity contribution >= 4 is 17.4 Å². The van der Waals surface area contributed by atoms with Gasteiger partial charge in [-0.2, -0.15) is 0 Å². The van der Waals surface area contributed by atoms with Crippen LogP contribution in [0.15, 0.2) is 70.3 Å². The van der Waals surface area contributed by atoms with Crippen LogP contribution in [0, 0.1) is 0 Å². The smallest absolute Gasteiger partial charge is 0.330 e. The van der Waals surface area contributed by atoms with E-state index in [0.29, 0.717) is 6.54 Å². The summed E-state index contributed by atoms with van der Waals surface area (Å²) in [6.07, 6.45) is 0. The summed E-state index contributed by atoms with van der Waals surface area (Å²) in [5, 5.41) is 0. The molecule has 3 aromatic rings. The molecule has 0 aliphatic heterocycles. The van der Waals surface area contributed by atoms with Crippen LogP contribution in [0.1, 0.15) is 25.0 Å². The maximum atomic E-state index is 13.1. The van der Waals surface area contributed by atoms with E-state index in [1.165, 1.54) is 9.47 Å². The standard InChI is InChI=1S/C24H29N5O3/c1-17(2)28(14-18-10-6-4-7-11-18)20(30)16-27(3)21-22(25)29(24(32)26-23(21)31)15-19-12-8-5-9-13-19/h4-13,17H,14-16,25H2,1-3H3,(H,26,31,32). The lowest BCUT2D eigenvalue weighted by Gasteiger charge is -2.30. The fraction of sp³-hybridized carbons (Fsp3) is 0.292. The Morgan fingerprint density at radius 2 is 1.56 bits per heavy atom. The van der Waals surface area contributed by atoms with Gasteiger partial charge in [0.25, 0.3) is 5.56 Å². The van der Waals surface area contributed by atoms with Crippen molar-refractivity contribution in [3.8, 4) is 0 Å². The number of likely N-dealkylation sites (N-methyl/N-ethyl adjacent to an activating group) is 1. The zero-order chi connectivity index (χ0) is 23.3. The molecule has 0 bridgehead atoms. The number of amides is 1. The Bertz CT molecular complexity index is 1170. The molecular formula is C24H29N5O3. The van der Waals surface area contributed by atoms with Crippen LogP contribution in [-0.4, -0.2) is 40.0 Å². The van der Waals surface area contributed by atoms with Crippen molar-refractivity contribution in [2.75, 3.05) is 24.2 Å². The lowest BCUT2D eigenvalue weighted by Crippen LogP contribution is -2.44. The minimum absolute atomic E-state index is 0.0251. The predicted octanol–water partition coefficient (Wildman–Crippen LogP) is 2.04. The Morgan fingerprint density at radius 3 is 2.12 bits per heavy atom. The molecule has 1 amide bonds. The average molecular weight is 436 g/mol. The number of hydrogen-bond donors (Lipinski definition) is 2. The molecule has 0 radical (unpaired) electrons. The van der Waals surface area contributed by atoms with Gasteiger partial charge in [-0.05, 0) is 25.0 Å². The molecule has 32 heavy (non-hydrogen) atoms. The maximum absolute atomic E-state index is 13.1. The van der Waals surface area contributed by atoms with Crippen molar-refractivity contribution in [2.45, 2.75) is 33.0 Å². The number of nitrogens with zero attached hydrogens (tertiary/aromatic N) is 3. The molecule has 0 aliphatic rings. The number of anilines is 2. The quantitative estimate of drug-likeness (QED) is 0.563. The molecule has 3 N–H and O–H groups in total. The summed E-state index contributed by atoms with van der Waals surface area (Å²) in [4.78, 5) is 43.6. The first-order valence-electron chi connectivity index (χ1n) is 10.5. The highest BCUT2D eigenvalue weighted by atomic mass is 16.2. The van der Waals surface area contributed by atoms with Crippen LogP contribution >= 0.6 is 0 Å². The minimum Gasteiger partial charge on any atom is -0.383 e. The van der Waals surface area contributed by atoms with Gasteiger partial charge in [-0.15, -0.1) is 0 Å². The molecule has 3 rings (SSSR count). The van der Waals surface area contributed by atoms with Crippen LogP contribution in [0.25, 0.3) is 0 Å². The van der Waals surface area contributed by atoms with E-state index in [-0.39, 0.29) is 36.5 Å². The van der Waals surface area contributed by atoms with E-state index in [1.807, 2.05) is 74.5 Å². The molecule has 0 aliphatic carbocycles. The second kappa shape index (κ2) is 10.00. The molecule has 0 atom stereocenters. The Morgan fingerprint density at radius 1 is 1.00 bits per heavy atom. The van der Waals surface area contributed by atoms with Gasteiger partial charge in [-0.1, -0.05) is 60.7 Å². The lowest BCUT2D eigenvalue weighted by atomic mass is 10.2. The number of benzene rings is 2. The van der Waals surface area contributed by atoms with Crippen molar-refractivity contribution in [2.24, 2.45) is 0 Å². The number of aromatic nitrogens is 2. The number of nitrogens with two attached hydrogens (primary N) is 1. The van der Waals surface area contributed by atoms with Crippen LogP contribution in [0.4, 0.5) is 11.5 Å². The number of aromatic amines is 1. The molecule has 0 unspecified atom stereocenters. The van der Waals surface area contributed by atoms with Gasteiger partial charge in [0.2, 0.25) is 5.91 Å². The summed E-state index contributed by atoms with van der Waals surface area (Å²) >= 11 is 0. The van der Waals surface area contributed by atoms with Crippen molar-refractivity contribution < 1.29 is 4.79 Å². The number of hydrogen-bond acceptors (Lipinski definition) is 5. The second-order valence-electron chi connectivity index (χ2n) is 8.02. The summed E-state index contributed by atoms with van der Waals surface area (Å²) in [5.41, 5.74) is 7.02. The van der Waals surface area contributed by atoms with Gasteiger partial charge >= 0.3 is 5.69 Å². The molecule has 8 heteroatoms. The van der Waals surface area contributed by atoms with E-state index >= 15 is 0 Å². The summed E-state index contributed by atoms with van der Waals surface area (Å²) in [6, 6.07) is 19.0. The summed E-state index contributed by atoms with van der Waals surface area (Å²) < 4.78 is 1.30. The van der Waals surface area contributed by atoms with E-state index < -0.39 is 11.2 Å². The Balaban J connectivity index is 1.85.